The number of hydrogen-bond donors (Lipinski definition) is 0. The molecule has 68 heavy (non-hydrogen) atoms. The van der Waals surface area contributed by atoms with Gasteiger partial charge in [0.25, 0.3) is 0 Å². The molecule has 0 saturated carbocycles. The molecular formula is C61H89O6P. The van der Waals surface area contributed by atoms with Crippen LogP contribution in [0.15, 0.2) is 56.9 Å². The van der Waals surface area contributed by atoms with Gasteiger partial charge >= 0.3 is 14.4 Å². The van der Waals surface area contributed by atoms with Gasteiger partial charge in [-0.25, -0.2) is 4.79 Å². The minimum Gasteiger partial charge on any atom is -0.428 e. The maximum atomic E-state index is 14.0. The van der Waals surface area contributed by atoms with E-state index in [9.17, 15) is 4.79 Å². The lowest BCUT2D eigenvalue weighted by molar-refractivity contribution is 0.0204. The predicted octanol–water partition coefficient (Wildman–Crippen LogP) is 19.5. The average molecular weight is 949 g/mol. The van der Waals surface area contributed by atoms with Crippen LogP contribution in [0.4, 0.5) is 4.79 Å². The third-order valence-corrected chi connectivity index (χ3v) is 13.7. The van der Waals surface area contributed by atoms with Crippen LogP contribution in [-0.4, -0.2) is 11.8 Å². The third kappa shape index (κ3) is 12.2. The lowest BCUT2D eigenvalue weighted by atomic mass is 9.75. The maximum Gasteiger partial charge on any atom is 0.514 e. The Morgan fingerprint density at radius 3 is 0.985 bits per heavy atom. The number of carbonyl (C=O) groups excluding carboxylic acids is 1. The molecule has 0 aliphatic heterocycles. The topological polar surface area (TPSA) is 71.0 Å². The van der Waals surface area contributed by atoms with Crippen molar-refractivity contribution in [2.24, 2.45) is 0 Å². The van der Waals surface area contributed by atoms with Crippen LogP contribution in [0.3, 0.4) is 0 Å². The normalized spacial score (nSPS) is 13.9. The van der Waals surface area contributed by atoms with Crippen LogP contribution in [0.1, 0.15) is 231 Å². The molecule has 0 amide bonds. The minimum absolute atomic E-state index is 0.143. The Labute approximate surface area is 413 Å². The first kappa shape index (κ1) is 54.8. The third-order valence-electron chi connectivity index (χ3n) is 12.7. The smallest absolute Gasteiger partial charge is 0.428 e. The van der Waals surface area contributed by atoms with E-state index in [1.807, 2.05) is 20.8 Å². The Kier molecular flexibility index (Phi) is 14.2. The zero-order chi connectivity index (χ0) is 52.1. The number of carbonyl (C=O) groups is 1. The summed E-state index contributed by atoms with van der Waals surface area (Å²) >= 11 is 0. The summed E-state index contributed by atoms with van der Waals surface area (Å²) < 4.78 is 34.9. The van der Waals surface area contributed by atoms with Crippen molar-refractivity contribution >= 4 is 36.3 Å². The highest BCUT2D eigenvalue weighted by Gasteiger charge is 2.35. The molecule has 6 nitrogen and oxygen atoms in total. The largest absolute Gasteiger partial charge is 0.514 e. The van der Waals surface area contributed by atoms with Crippen molar-refractivity contribution in [3.05, 3.63) is 93.0 Å². The Balaban J connectivity index is 2.14. The molecule has 1 heterocycles. The fourth-order valence-corrected chi connectivity index (χ4v) is 9.46. The summed E-state index contributed by atoms with van der Waals surface area (Å²) in [4.78, 5) is 14.0. The van der Waals surface area contributed by atoms with Crippen molar-refractivity contribution in [1.29, 1.82) is 0 Å². The molecule has 5 rings (SSSR count). The number of benzene rings is 4. The molecule has 0 spiro atoms. The second-order valence-corrected chi connectivity index (χ2v) is 29.7. The van der Waals surface area contributed by atoms with Crippen LogP contribution in [0, 0.1) is 0 Å². The van der Waals surface area contributed by atoms with E-state index in [0.717, 1.165) is 66.4 Å². The van der Waals surface area contributed by atoms with Gasteiger partial charge in [-0.15, -0.1) is 0 Å². The summed E-state index contributed by atoms with van der Waals surface area (Å²) in [7, 11) is -2.20. The van der Waals surface area contributed by atoms with E-state index in [1.165, 1.54) is 11.1 Å². The molecule has 0 radical (unpaired) electrons. The Bertz CT molecular complexity index is 2660. The van der Waals surface area contributed by atoms with Gasteiger partial charge in [-0.3, -0.25) is 0 Å². The molecular weight excluding hydrogens is 860 g/mol. The summed E-state index contributed by atoms with van der Waals surface area (Å²) in [5, 5.41) is 2.00. The highest BCUT2D eigenvalue weighted by Crippen LogP contribution is 2.53. The monoisotopic (exact) mass is 949 g/mol. The van der Waals surface area contributed by atoms with Crippen molar-refractivity contribution in [2.75, 3.05) is 0 Å². The van der Waals surface area contributed by atoms with Gasteiger partial charge in [-0.1, -0.05) is 190 Å². The van der Waals surface area contributed by atoms with Gasteiger partial charge in [0.05, 0.1) is 0 Å². The fourth-order valence-electron chi connectivity index (χ4n) is 8.31. The van der Waals surface area contributed by atoms with Crippen molar-refractivity contribution < 1.29 is 27.2 Å². The molecule has 5 aromatic rings. The molecule has 7 heteroatoms. The Morgan fingerprint density at radius 2 is 0.676 bits per heavy atom. The number of fused-ring (bicyclic) bond motifs is 3. The number of ether oxygens (including phenoxy) is 2. The molecule has 0 N–H and O–H groups in total. The first-order chi connectivity index (χ1) is 30.3. The van der Waals surface area contributed by atoms with Crippen molar-refractivity contribution in [3.63, 3.8) is 0 Å². The molecule has 0 fully saturated rings. The number of hydrogen-bond acceptors (Lipinski definition) is 6. The summed E-state index contributed by atoms with van der Waals surface area (Å²) in [6.07, 6.45) is -0.764. The van der Waals surface area contributed by atoms with Crippen molar-refractivity contribution in [2.45, 2.75) is 236 Å². The first-order valence-electron chi connectivity index (χ1n) is 24.8. The van der Waals surface area contributed by atoms with Gasteiger partial charge in [0.1, 0.15) is 28.3 Å². The zero-order valence-electron chi connectivity index (χ0n) is 47.5. The molecule has 0 saturated heterocycles. The lowest BCUT2D eigenvalue weighted by Crippen LogP contribution is -2.27. The molecule has 0 aliphatic carbocycles. The van der Waals surface area contributed by atoms with Gasteiger partial charge in [-0.2, -0.15) is 0 Å². The zero-order valence-corrected chi connectivity index (χ0v) is 48.4. The van der Waals surface area contributed by atoms with Crippen molar-refractivity contribution in [1.82, 2.24) is 0 Å². The van der Waals surface area contributed by atoms with E-state index >= 15 is 0 Å². The van der Waals surface area contributed by atoms with Gasteiger partial charge in [0.2, 0.25) is 0 Å². The van der Waals surface area contributed by atoms with Gasteiger partial charge in [0.15, 0.2) is 0 Å². The second kappa shape index (κ2) is 17.6. The summed E-state index contributed by atoms with van der Waals surface area (Å²) in [6.45, 7) is 59.2. The summed E-state index contributed by atoms with van der Waals surface area (Å²) in [6, 6.07) is 18.2. The summed E-state index contributed by atoms with van der Waals surface area (Å²) in [5.41, 5.74) is 8.76. The van der Waals surface area contributed by atoms with Gasteiger partial charge < -0.3 is 22.4 Å². The van der Waals surface area contributed by atoms with E-state index in [-0.39, 0.29) is 32.5 Å². The Hall–Kier alpha value is -4.15. The van der Waals surface area contributed by atoms with Gasteiger partial charge in [0, 0.05) is 44.2 Å². The predicted molar refractivity (Wildman–Crippen MR) is 291 cm³/mol. The molecule has 1 aromatic heterocycles. The maximum absolute atomic E-state index is 14.0. The fraction of sp³-hybridized carbons (Fsp3) is 0.590. The first-order valence-corrected chi connectivity index (χ1v) is 25.9. The summed E-state index contributed by atoms with van der Waals surface area (Å²) in [5.74, 6) is 1.06. The second-order valence-electron chi connectivity index (χ2n) is 28.7. The average Bonchev–Trinajstić information content (AvgIpc) is 3.26. The molecule has 374 valence electrons. The van der Waals surface area contributed by atoms with Crippen LogP contribution >= 0.6 is 8.24 Å². The Morgan fingerprint density at radius 1 is 0.382 bits per heavy atom. The van der Waals surface area contributed by atoms with Gasteiger partial charge in [-0.05, 0) is 111 Å². The van der Waals surface area contributed by atoms with E-state index in [1.54, 1.807) is 0 Å². The van der Waals surface area contributed by atoms with Crippen molar-refractivity contribution in [3.8, 4) is 22.6 Å². The van der Waals surface area contributed by atoms with Crippen LogP contribution in [0.5, 0.6) is 11.5 Å². The SMILES string of the molecule is CC(C)(C)OC(=O)Oc1c(-c2cc(C(C)(C)C)cc(C(C)(C)C)c2Op2oc3c(C(C)(C)C)cc(C(C)(C)C)cc3c3cc(C(C)(C)C)cc(C(C)(C)C)c3o2)cc(C(C)(C)C)cc1C(C)(C)C. The van der Waals surface area contributed by atoms with E-state index in [2.05, 4.69) is 215 Å². The standard InChI is InChI=1S/C61H89O6P/c1-53(2,3)36-28-40(48(44(32-36)57(13,14)15)63-52(62)64-61(25,26)27)41-29-37(54(4,5)6)33-45(58(16,17)18)49(41)65-68-66-50-42(30-38(55(7,8)9)34-46(50)59(19,20)21)43-31-39(56(10,11)12)35-47(51(43)67-68)60(22,23)24/h28-35H,1-27H3. The van der Waals surface area contributed by atoms with Crippen LogP contribution in [0.2, 0.25) is 0 Å². The number of rotatable bonds is 4. The van der Waals surface area contributed by atoms with Crippen LogP contribution in [-0.2, 0) is 48.1 Å². The molecule has 0 aliphatic rings. The molecule has 4 aromatic carbocycles. The highest BCUT2D eigenvalue weighted by atomic mass is 31.1. The molecule has 0 bridgehead atoms. The molecule has 0 atom stereocenters. The van der Waals surface area contributed by atoms with Crippen LogP contribution in [0.25, 0.3) is 33.1 Å². The quantitative estimate of drug-likeness (QED) is 0.132. The van der Waals surface area contributed by atoms with E-state index in [0.29, 0.717) is 11.5 Å². The molecule has 0 unspecified atom stereocenters. The minimum atomic E-state index is -2.20. The van der Waals surface area contributed by atoms with E-state index in [4.69, 9.17) is 22.4 Å². The lowest BCUT2D eigenvalue weighted by Gasteiger charge is -2.32. The van der Waals surface area contributed by atoms with E-state index < -0.39 is 30.8 Å². The highest BCUT2D eigenvalue weighted by molar-refractivity contribution is 7.32. The van der Waals surface area contributed by atoms with Crippen LogP contribution < -0.4 is 9.26 Å².